The summed E-state index contributed by atoms with van der Waals surface area (Å²) in [5.74, 6) is 0.425. The first-order chi connectivity index (χ1) is 6.81. The summed E-state index contributed by atoms with van der Waals surface area (Å²) in [6.45, 7) is 3.43. The first kappa shape index (κ1) is 9.00. The van der Waals surface area contributed by atoms with Gasteiger partial charge in [0, 0.05) is 12.0 Å². The fourth-order valence-corrected chi connectivity index (χ4v) is 1.66. The maximum absolute atomic E-state index is 11.0. The molecule has 1 aromatic carbocycles. The number of benzene rings is 1. The molecule has 14 heavy (non-hydrogen) atoms. The molecule has 0 aliphatic heterocycles. The third kappa shape index (κ3) is 1.84. The molecule has 0 radical (unpaired) electrons. The summed E-state index contributed by atoms with van der Waals surface area (Å²) in [5, 5.41) is 2.90. The molecule has 0 bridgehead atoms. The molecule has 2 heteroatoms. The van der Waals surface area contributed by atoms with Gasteiger partial charge in [-0.05, 0) is 18.1 Å². The molecule has 0 aromatic heterocycles. The van der Waals surface area contributed by atoms with E-state index in [1.807, 2.05) is 18.2 Å². The Morgan fingerprint density at radius 1 is 1.43 bits per heavy atom. The van der Waals surface area contributed by atoms with Crippen LogP contribution in [0.2, 0.25) is 0 Å². The molecule has 1 aromatic rings. The minimum atomic E-state index is -0.0755. The van der Waals surface area contributed by atoms with Gasteiger partial charge in [0.25, 0.3) is 0 Å². The van der Waals surface area contributed by atoms with Crippen LogP contribution >= 0.6 is 0 Å². The van der Waals surface area contributed by atoms with Gasteiger partial charge >= 0.3 is 0 Å². The van der Waals surface area contributed by atoms with E-state index in [4.69, 9.17) is 0 Å². The highest BCUT2D eigenvalue weighted by Gasteiger charge is 2.38. The molecule has 72 valence electrons. The van der Waals surface area contributed by atoms with Crippen LogP contribution in [-0.4, -0.2) is 11.9 Å². The predicted molar refractivity (Wildman–Crippen MR) is 55.9 cm³/mol. The van der Waals surface area contributed by atoms with Gasteiger partial charge in [-0.2, -0.15) is 0 Å². The van der Waals surface area contributed by atoms with Gasteiger partial charge in [-0.3, -0.25) is 4.79 Å². The number of nitrogens with one attached hydrogen (secondary N) is 1. The minimum absolute atomic E-state index is 0.0755. The van der Waals surface area contributed by atoms with Gasteiger partial charge < -0.3 is 5.32 Å². The molecule has 0 heterocycles. The second-order valence-electron chi connectivity index (χ2n) is 3.57. The molecular formula is C12H13NO. The van der Waals surface area contributed by atoms with Gasteiger partial charge in [-0.1, -0.05) is 36.9 Å². The highest BCUT2D eigenvalue weighted by molar-refractivity contribution is 5.87. The Kier molecular flexibility index (Phi) is 2.35. The van der Waals surface area contributed by atoms with Crippen molar-refractivity contribution >= 4 is 5.91 Å². The van der Waals surface area contributed by atoms with Crippen LogP contribution in [0.4, 0.5) is 0 Å². The highest BCUT2D eigenvalue weighted by Crippen LogP contribution is 2.40. The van der Waals surface area contributed by atoms with E-state index in [9.17, 15) is 4.79 Å². The van der Waals surface area contributed by atoms with E-state index < -0.39 is 0 Å². The van der Waals surface area contributed by atoms with Crippen LogP contribution in [-0.2, 0) is 4.79 Å². The van der Waals surface area contributed by atoms with Crippen molar-refractivity contribution in [1.82, 2.24) is 5.32 Å². The third-order valence-electron chi connectivity index (χ3n) is 2.53. The summed E-state index contributed by atoms with van der Waals surface area (Å²) in [7, 11) is 0. The Balaban J connectivity index is 1.94. The van der Waals surface area contributed by atoms with E-state index in [1.54, 1.807) is 0 Å². The van der Waals surface area contributed by atoms with E-state index in [-0.39, 0.29) is 5.91 Å². The average Bonchev–Trinajstić information content (AvgIpc) is 2.98. The molecule has 1 amide bonds. The van der Waals surface area contributed by atoms with E-state index in [0.717, 1.165) is 6.42 Å². The lowest BCUT2D eigenvalue weighted by molar-refractivity contribution is -0.116. The zero-order chi connectivity index (χ0) is 9.97. The Hall–Kier alpha value is -1.57. The standard InChI is InChI=1S/C12H13NO/c1-2-12(14)13-11-8-10(11)9-6-4-3-5-7-9/h2-7,10-11H,1,8H2,(H,13,14). The van der Waals surface area contributed by atoms with Crippen molar-refractivity contribution < 1.29 is 4.79 Å². The second kappa shape index (κ2) is 3.66. The molecule has 1 fully saturated rings. The molecule has 2 rings (SSSR count). The molecule has 2 atom stereocenters. The topological polar surface area (TPSA) is 29.1 Å². The third-order valence-corrected chi connectivity index (χ3v) is 2.53. The van der Waals surface area contributed by atoms with Crippen LogP contribution in [0.15, 0.2) is 43.0 Å². The van der Waals surface area contributed by atoms with Gasteiger partial charge in [-0.15, -0.1) is 0 Å². The van der Waals surface area contributed by atoms with Gasteiger partial charge in [0.15, 0.2) is 0 Å². The predicted octanol–water partition coefficient (Wildman–Crippen LogP) is 1.84. The Labute approximate surface area is 83.6 Å². The maximum atomic E-state index is 11.0. The zero-order valence-corrected chi connectivity index (χ0v) is 7.94. The van der Waals surface area contributed by atoms with E-state index in [2.05, 4.69) is 24.0 Å². The SMILES string of the molecule is C=CC(=O)NC1CC1c1ccccc1. The van der Waals surface area contributed by atoms with Crippen molar-refractivity contribution in [3.05, 3.63) is 48.6 Å². The van der Waals surface area contributed by atoms with E-state index in [0.29, 0.717) is 12.0 Å². The Morgan fingerprint density at radius 2 is 2.14 bits per heavy atom. The van der Waals surface area contributed by atoms with Crippen molar-refractivity contribution in [1.29, 1.82) is 0 Å². The average molecular weight is 187 g/mol. The van der Waals surface area contributed by atoms with E-state index >= 15 is 0 Å². The van der Waals surface area contributed by atoms with Gasteiger partial charge in [0.1, 0.15) is 0 Å². The smallest absolute Gasteiger partial charge is 0.243 e. The highest BCUT2D eigenvalue weighted by atomic mass is 16.1. The van der Waals surface area contributed by atoms with E-state index in [1.165, 1.54) is 11.6 Å². The molecule has 1 aliphatic rings. The number of hydrogen-bond donors (Lipinski definition) is 1. The first-order valence-electron chi connectivity index (χ1n) is 4.79. The number of carbonyl (C=O) groups excluding carboxylic acids is 1. The van der Waals surface area contributed by atoms with Crippen molar-refractivity contribution in [3.8, 4) is 0 Å². The number of rotatable bonds is 3. The van der Waals surface area contributed by atoms with Crippen LogP contribution in [0.5, 0.6) is 0 Å². The van der Waals surface area contributed by atoms with Crippen LogP contribution < -0.4 is 5.32 Å². The summed E-state index contributed by atoms with van der Waals surface area (Å²) >= 11 is 0. The normalized spacial score (nSPS) is 24.0. The minimum Gasteiger partial charge on any atom is -0.349 e. The quantitative estimate of drug-likeness (QED) is 0.719. The van der Waals surface area contributed by atoms with Crippen LogP contribution in [0.1, 0.15) is 17.9 Å². The molecule has 0 spiro atoms. The largest absolute Gasteiger partial charge is 0.349 e. The van der Waals surface area contributed by atoms with Crippen molar-refractivity contribution in [2.45, 2.75) is 18.4 Å². The van der Waals surface area contributed by atoms with Gasteiger partial charge in [-0.25, -0.2) is 0 Å². The van der Waals surface area contributed by atoms with Crippen LogP contribution in [0.3, 0.4) is 0 Å². The summed E-state index contributed by atoms with van der Waals surface area (Å²) in [6.07, 6.45) is 2.37. The van der Waals surface area contributed by atoms with Gasteiger partial charge in [0.05, 0.1) is 0 Å². The van der Waals surface area contributed by atoms with Crippen molar-refractivity contribution in [2.24, 2.45) is 0 Å². The lowest BCUT2D eigenvalue weighted by Gasteiger charge is -2.00. The molecule has 1 saturated carbocycles. The second-order valence-corrected chi connectivity index (χ2v) is 3.57. The molecule has 1 aliphatic carbocycles. The summed E-state index contributed by atoms with van der Waals surface area (Å²) < 4.78 is 0. The molecular weight excluding hydrogens is 174 g/mol. The van der Waals surface area contributed by atoms with Crippen molar-refractivity contribution in [2.75, 3.05) is 0 Å². The summed E-state index contributed by atoms with van der Waals surface area (Å²) in [6, 6.07) is 10.6. The molecule has 2 unspecified atom stereocenters. The zero-order valence-electron chi connectivity index (χ0n) is 7.94. The number of carbonyl (C=O) groups is 1. The summed E-state index contributed by atoms with van der Waals surface area (Å²) in [4.78, 5) is 11.0. The molecule has 2 nitrogen and oxygen atoms in total. The van der Waals surface area contributed by atoms with Crippen molar-refractivity contribution in [3.63, 3.8) is 0 Å². The fourth-order valence-electron chi connectivity index (χ4n) is 1.66. The lowest BCUT2D eigenvalue weighted by atomic mass is 10.1. The molecule has 1 N–H and O–H groups in total. The monoisotopic (exact) mass is 187 g/mol. The maximum Gasteiger partial charge on any atom is 0.243 e. The first-order valence-corrected chi connectivity index (χ1v) is 4.79. The van der Waals surface area contributed by atoms with Gasteiger partial charge in [0.2, 0.25) is 5.91 Å². The Morgan fingerprint density at radius 3 is 2.79 bits per heavy atom. The Bertz CT molecular complexity index is 345. The molecule has 0 saturated heterocycles. The van der Waals surface area contributed by atoms with Crippen LogP contribution in [0.25, 0.3) is 0 Å². The number of amides is 1. The summed E-state index contributed by atoms with van der Waals surface area (Å²) in [5.41, 5.74) is 1.31. The lowest BCUT2D eigenvalue weighted by Crippen LogP contribution is -2.24. The number of hydrogen-bond acceptors (Lipinski definition) is 1. The van der Waals surface area contributed by atoms with Crippen LogP contribution in [0, 0.1) is 0 Å². The fraction of sp³-hybridized carbons (Fsp3) is 0.250.